The first-order valence-electron chi connectivity index (χ1n) is 6.45. The van der Waals surface area contributed by atoms with Crippen LogP contribution < -0.4 is 10.6 Å². The SMILES string of the molecule is CCCC1(C(=O)Nc2ccccc2I)CCNC1. The van der Waals surface area contributed by atoms with Crippen molar-refractivity contribution in [3.63, 3.8) is 0 Å². The summed E-state index contributed by atoms with van der Waals surface area (Å²) in [6.45, 7) is 3.88. The first-order chi connectivity index (χ1) is 8.68. The number of hydrogen-bond donors (Lipinski definition) is 2. The minimum atomic E-state index is -0.215. The molecule has 1 heterocycles. The maximum atomic E-state index is 12.5. The zero-order valence-electron chi connectivity index (χ0n) is 10.6. The van der Waals surface area contributed by atoms with Crippen molar-refractivity contribution in [3.8, 4) is 0 Å². The molecule has 98 valence electrons. The molecule has 1 aromatic carbocycles. The van der Waals surface area contributed by atoms with Crippen molar-refractivity contribution >= 4 is 34.2 Å². The molecule has 1 fully saturated rings. The van der Waals surface area contributed by atoms with Gasteiger partial charge in [0.25, 0.3) is 0 Å². The van der Waals surface area contributed by atoms with E-state index in [1.54, 1.807) is 0 Å². The average molecular weight is 358 g/mol. The van der Waals surface area contributed by atoms with Gasteiger partial charge in [-0.1, -0.05) is 25.5 Å². The van der Waals surface area contributed by atoms with Crippen molar-refractivity contribution in [2.75, 3.05) is 18.4 Å². The van der Waals surface area contributed by atoms with Crippen molar-refractivity contribution in [2.45, 2.75) is 26.2 Å². The van der Waals surface area contributed by atoms with Gasteiger partial charge in [0.1, 0.15) is 0 Å². The Kier molecular flexibility index (Phi) is 4.61. The van der Waals surface area contributed by atoms with E-state index < -0.39 is 0 Å². The number of benzene rings is 1. The lowest BCUT2D eigenvalue weighted by Crippen LogP contribution is -2.38. The highest BCUT2D eigenvalue weighted by molar-refractivity contribution is 14.1. The van der Waals surface area contributed by atoms with Gasteiger partial charge in [-0.25, -0.2) is 0 Å². The molecule has 0 spiro atoms. The molecule has 0 radical (unpaired) electrons. The predicted octanol–water partition coefficient (Wildman–Crippen LogP) is 3.01. The topological polar surface area (TPSA) is 41.1 Å². The zero-order valence-corrected chi connectivity index (χ0v) is 12.8. The lowest BCUT2D eigenvalue weighted by Gasteiger charge is -2.26. The zero-order chi connectivity index (χ0) is 13.0. The second-order valence-corrected chi connectivity index (χ2v) is 6.05. The molecule has 1 aliphatic rings. The largest absolute Gasteiger partial charge is 0.325 e. The molecule has 2 N–H and O–H groups in total. The summed E-state index contributed by atoms with van der Waals surface area (Å²) in [5.74, 6) is 0.165. The highest BCUT2D eigenvalue weighted by Crippen LogP contribution is 2.33. The smallest absolute Gasteiger partial charge is 0.231 e. The van der Waals surface area contributed by atoms with Crippen molar-refractivity contribution in [1.29, 1.82) is 0 Å². The fourth-order valence-electron chi connectivity index (χ4n) is 2.56. The third kappa shape index (κ3) is 2.85. The third-order valence-corrected chi connectivity index (χ3v) is 4.52. The summed E-state index contributed by atoms with van der Waals surface area (Å²) in [7, 11) is 0. The summed E-state index contributed by atoms with van der Waals surface area (Å²) < 4.78 is 1.08. The standard InChI is InChI=1S/C14H19IN2O/c1-2-7-14(8-9-16-10-14)13(18)17-12-6-4-3-5-11(12)15/h3-6,16H,2,7-10H2,1H3,(H,17,18). The Morgan fingerprint density at radius 2 is 2.28 bits per heavy atom. The van der Waals surface area contributed by atoms with Crippen molar-refractivity contribution in [3.05, 3.63) is 27.8 Å². The average Bonchev–Trinajstić information content (AvgIpc) is 2.82. The van der Waals surface area contributed by atoms with Crippen molar-refractivity contribution < 1.29 is 4.79 Å². The van der Waals surface area contributed by atoms with Crippen LogP contribution in [0.15, 0.2) is 24.3 Å². The molecule has 0 aliphatic carbocycles. The molecule has 1 aromatic rings. The normalized spacial score (nSPS) is 23.0. The van der Waals surface area contributed by atoms with E-state index in [1.165, 1.54) is 0 Å². The first-order valence-corrected chi connectivity index (χ1v) is 7.52. The number of anilines is 1. The highest BCUT2D eigenvalue weighted by atomic mass is 127. The van der Waals surface area contributed by atoms with Gasteiger partial charge < -0.3 is 10.6 Å². The van der Waals surface area contributed by atoms with Crippen LogP contribution in [0.3, 0.4) is 0 Å². The molecule has 1 saturated heterocycles. The Morgan fingerprint density at radius 3 is 2.89 bits per heavy atom. The summed E-state index contributed by atoms with van der Waals surface area (Å²) in [4.78, 5) is 12.5. The van der Waals surface area contributed by atoms with Crippen LogP contribution in [0, 0.1) is 8.99 Å². The molecule has 0 aromatic heterocycles. The van der Waals surface area contributed by atoms with Gasteiger partial charge in [-0.3, -0.25) is 4.79 Å². The number of hydrogen-bond acceptors (Lipinski definition) is 2. The molecule has 18 heavy (non-hydrogen) atoms. The lowest BCUT2D eigenvalue weighted by atomic mass is 9.81. The predicted molar refractivity (Wildman–Crippen MR) is 82.6 cm³/mol. The molecule has 0 saturated carbocycles. The molecule has 0 bridgehead atoms. The van der Waals surface area contributed by atoms with E-state index in [0.717, 1.165) is 41.6 Å². The van der Waals surface area contributed by atoms with Crippen LogP contribution in [0.4, 0.5) is 5.69 Å². The quantitative estimate of drug-likeness (QED) is 0.813. The van der Waals surface area contributed by atoms with E-state index >= 15 is 0 Å². The number of carbonyl (C=O) groups excluding carboxylic acids is 1. The summed E-state index contributed by atoms with van der Waals surface area (Å²) in [6, 6.07) is 7.91. The van der Waals surface area contributed by atoms with E-state index in [1.807, 2.05) is 24.3 Å². The van der Waals surface area contributed by atoms with Gasteiger partial charge in [0.05, 0.1) is 11.1 Å². The molecule has 3 nitrogen and oxygen atoms in total. The van der Waals surface area contributed by atoms with Crippen LogP contribution in [-0.2, 0) is 4.79 Å². The van der Waals surface area contributed by atoms with Gasteiger partial charge in [-0.05, 0) is 54.1 Å². The van der Waals surface area contributed by atoms with Gasteiger partial charge in [-0.2, -0.15) is 0 Å². The third-order valence-electron chi connectivity index (χ3n) is 3.58. The van der Waals surface area contributed by atoms with Gasteiger partial charge in [0.2, 0.25) is 5.91 Å². The molecule has 1 atom stereocenters. The Balaban J connectivity index is 2.13. The Morgan fingerprint density at radius 1 is 1.50 bits per heavy atom. The summed E-state index contributed by atoms with van der Waals surface area (Å²) in [5.41, 5.74) is 0.707. The highest BCUT2D eigenvalue weighted by Gasteiger charge is 2.40. The number of carbonyl (C=O) groups is 1. The van der Waals surface area contributed by atoms with Gasteiger partial charge >= 0.3 is 0 Å². The van der Waals surface area contributed by atoms with E-state index in [2.05, 4.69) is 40.1 Å². The number of para-hydroxylation sites is 1. The van der Waals surface area contributed by atoms with E-state index in [0.29, 0.717) is 0 Å². The summed E-state index contributed by atoms with van der Waals surface area (Å²) in [6.07, 6.45) is 2.94. The molecule has 4 heteroatoms. The van der Waals surface area contributed by atoms with Gasteiger partial charge in [0.15, 0.2) is 0 Å². The maximum absolute atomic E-state index is 12.5. The van der Waals surface area contributed by atoms with Crippen LogP contribution in [0.5, 0.6) is 0 Å². The summed E-state index contributed by atoms with van der Waals surface area (Å²) >= 11 is 2.25. The van der Waals surface area contributed by atoms with E-state index in [4.69, 9.17) is 0 Å². The first kappa shape index (κ1) is 13.8. The number of nitrogens with one attached hydrogen (secondary N) is 2. The maximum Gasteiger partial charge on any atom is 0.231 e. The van der Waals surface area contributed by atoms with Crippen molar-refractivity contribution in [1.82, 2.24) is 5.32 Å². The van der Waals surface area contributed by atoms with E-state index in [-0.39, 0.29) is 11.3 Å². The van der Waals surface area contributed by atoms with Crippen molar-refractivity contribution in [2.24, 2.45) is 5.41 Å². The second kappa shape index (κ2) is 6.02. The molecule has 1 amide bonds. The minimum absolute atomic E-state index is 0.165. The van der Waals surface area contributed by atoms with Crippen LogP contribution in [0.25, 0.3) is 0 Å². The Bertz CT molecular complexity index is 428. The number of amides is 1. The van der Waals surface area contributed by atoms with Crippen LogP contribution >= 0.6 is 22.6 Å². The fraction of sp³-hybridized carbons (Fsp3) is 0.500. The monoisotopic (exact) mass is 358 g/mol. The molecular formula is C14H19IN2O. The number of rotatable bonds is 4. The Labute approximate surface area is 122 Å². The lowest BCUT2D eigenvalue weighted by molar-refractivity contribution is -0.125. The summed E-state index contributed by atoms with van der Waals surface area (Å²) in [5, 5.41) is 6.41. The molecule has 1 aliphatic heterocycles. The van der Waals surface area contributed by atoms with E-state index in [9.17, 15) is 4.79 Å². The fourth-order valence-corrected chi connectivity index (χ4v) is 3.08. The Hall–Kier alpha value is -0.620. The van der Waals surface area contributed by atoms with Crippen LogP contribution in [0.1, 0.15) is 26.2 Å². The molecule has 1 unspecified atom stereocenters. The van der Waals surface area contributed by atoms with Gasteiger partial charge in [-0.15, -0.1) is 0 Å². The number of halogens is 1. The van der Waals surface area contributed by atoms with Crippen LogP contribution in [0.2, 0.25) is 0 Å². The van der Waals surface area contributed by atoms with Gasteiger partial charge in [0, 0.05) is 10.1 Å². The molecule has 2 rings (SSSR count). The van der Waals surface area contributed by atoms with Crippen LogP contribution in [-0.4, -0.2) is 19.0 Å². The molecular weight excluding hydrogens is 339 g/mol. The minimum Gasteiger partial charge on any atom is -0.325 e. The second-order valence-electron chi connectivity index (χ2n) is 4.89.